The summed E-state index contributed by atoms with van der Waals surface area (Å²) in [6, 6.07) is 6.62. The number of nitrogens with one attached hydrogen (secondary N) is 1. The van der Waals surface area contributed by atoms with Gasteiger partial charge in [0.2, 0.25) is 0 Å². The predicted octanol–water partition coefficient (Wildman–Crippen LogP) is 2.97. The van der Waals surface area contributed by atoms with Crippen molar-refractivity contribution in [1.29, 1.82) is 0 Å². The van der Waals surface area contributed by atoms with Crippen LogP contribution in [-0.2, 0) is 0 Å². The number of nitrogens with zero attached hydrogens (tertiary/aromatic N) is 1. The van der Waals surface area contributed by atoms with E-state index in [1.807, 2.05) is 0 Å². The minimum Gasteiger partial charge on any atom is -0.381 e. The highest BCUT2D eigenvalue weighted by Crippen LogP contribution is 2.26. The third kappa shape index (κ3) is 1.99. The van der Waals surface area contributed by atoms with Gasteiger partial charge in [0.15, 0.2) is 0 Å². The van der Waals surface area contributed by atoms with Gasteiger partial charge in [-0.15, -0.1) is 0 Å². The fourth-order valence-electron chi connectivity index (χ4n) is 1.99. The van der Waals surface area contributed by atoms with Crippen LogP contribution in [0.4, 0.5) is 11.4 Å². The van der Waals surface area contributed by atoms with Crippen LogP contribution < -0.4 is 10.2 Å². The zero-order valence-electron chi connectivity index (χ0n) is 9.46. The molecule has 1 aliphatic rings. The molecule has 0 radical (unpaired) electrons. The Morgan fingerprint density at radius 1 is 1.27 bits per heavy atom. The summed E-state index contributed by atoms with van der Waals surface area (Å²) in [5.41, 5.74) is 3.85. The number of rotatable bonds is 3. The number of anilines is 2. The molecule has 0 spiro atoms. The van der Waals surface area contributed by atoms with Crippen LogP contribution >= 0.6 is 0 Å². The molecule has 15 heavy (non-hydrogen) atoms. The summed E-state index contributed by atoms with van der Waals surface area (Å²) < 4.78 is 0. The first-order chi connectivity index (χ1) is 7.35. The third-order valence-electron chi connectivity index (χ3n) is 2.87. The quantitative estimate of drug-likeness (QED) is 0.810. The van der Waals surface area contributed by atoms with Crippen LogP contribution in [-0.4, -0.2) is 19.6 Å². The minimum absolute atomic E-state index is 0.942. The van der Waals surface area contributed by atoms with E-state index in [0.29, 0.717) is 0 Å². The number of hydrogen-bond donors (Lipinski definition) is 1. The number of fused-ring (bicyclic) bond motifs is 1. The second-order valence-corrected chi connectivity index (χ2v) is 3.73. The SMILES string of the molecule is CCN(CC)c1ccc2c(c1)C=CCN2. The zero-order chi connectivity index (χ0) is 10.7. The molecule has 0 amide bonds. The van der Waals surface area contributed by atoms with E-state index >= 15 is 0 Å². The maximum atomic E-state index is 3.36. The van der Waals surface area contributed by atoms with Gasteiger partial charge in [-0.3, -0.25) is 0 Å². The summed E-state index contributed by atoms with van der Waals surface area (Å²) in [5, 5.41) is 3.36. The van der Waals surface area contributed by atoms with Gasteiger partial charge in [0.05, 0.1) is 0 Å². The van der Waals surface area contributed by atoms with Crippen LogP contribution in [0.25, 0.3) is 6.08 Å². The largest absolute Gasteiger partial charge is 0.381 e. The first-order valence-electron chi connectivity index (χ1n) is 5.64. The standard InChI is InChI=1S/C13H18N2/c1-3-15(4-2)12-7-8-13-11(10-12)6-5-9-14-13/h5-8,10,14H,3-4,9H2,1-2H3. The van der Waals surface area contributed by atoms with Crippen molar-refractivity contribution in [3.63, 3.8) is 0 Å². The average Bonchev–Trinajstić information content (AvgIpc) is 2.30. The topological polar surface area (TPSA) is 15.3 Å². The van der Waals surface area contributed by atoms with Crippen LogP contribution in [0.2, 0.25) is 0 Å². The van der Waals surface area contributed by atoms with E-state index in [-0.39, 0.29) is 0 Å². The van der Waals surface area contributed by atoms with Gasteiger partial charge in [-0.1, -0.05) is 12.2 Å². The lowest BCUT2D eigenvalue weighted by Gasteiger charge is -2.23. The van der Waals surface area contributed by atoms with E-state index in [4.69, 9.17) is 0 Å². The van der Waals surface area contributed by atoms with Gasteiger partial charge >= 0.3 is 0 Å². The molecule has 0 bridgehead atoms. The second kappa shape index (κ2) is 4.39. The Kier molecular flexibility index (Phi) is 2.95. The minimum atomic E-state index is 0.942. The van der Waals surface area contributed by atoms with Crippen molar-refractivity contribution in [2.75, 3.05) is 29.9 Å². The molecular formula is C13H18N2. The van der Waals surface area contributed by atoms with Crippen LogP contribution in [0.1, 0.15) is 19.4 Å². The normalized spacial score (nSPS) is 13.2. The Bertz CT molecular complexity index is 365. The van der Waals surface area contributed by atoms with Crippen LogP contribution in [0, 0.1) is 0 Å². The van der Waals surface area contributed by atoms with Gasteiger partial charge in [0.25, 0.3) is 0 Å². The fourth-order valence-corrected chi connectivity index (χ4v) is 1.99. The van der Waals surface area contributed by atoms with Gasteiger partial charge in [0.1, 0.15) is 0 Å². The van der Waals surface area contributed by atoms with Crippen molar-refractivity contribution in [3.05, 3.63) is 29.8 Å². The molecule has 1 aliphatic heterocycles. The smallest absolute Gasteiger partial charge is 0.0417 e. The van der Waals surface area contributed by atoms with Crippen LogP contribution in [0.5, 0.6) is 0 Å². The maximum absolute atomic E-state index is 3.36. The van der Waals surface area contributed by atoms with E-state index in [9.17, 15) is 0 Å². The van der Waals surface area contributed by atoms with E-state index in [0.717, 1.165) is 19.6 Å². The Labute approximate surface area is 91.6 Å². The van der Waals surface area contributed by atoms with Crippen molar-refractivity contribution in [2.45, 2.75) is 13.8 Å². The number of benzene rings is 1. The van der Waals surface area contributed by atoms with Gasteiger partial charge in [-0.25, -0.2) is 0 Å². The Hall–Kier alpha value is -1.44. The molecular weight excluding hydrogens is 184 g/mol. The molecule has 0 aliphatic carbocycles. The lowest BCUT2D eigenvalue weighted by molar-refractivity contribution is 0.866. The van der Waals surface area contributed by atoms with Gasteiger partial charge < -0.3 is 10.2 Å². The summed E-state index contributed by atoms with van der Waals surface area (Å²) in [7, 11) is 0. The Morgan fingerprint density at radius 3 is 2.80 bits per heavy atom. The lowest BCUT2D eigenvalue weighted by atomic mass is 10.1. The number of hydrogen-bond acceptors (Lipinski definition) is 2. The van der Waals surface area contributed by atoms with E-state index in [1.165, 1.54) is 16.9 Å². The molecule has 0 atom stereocenters. The van der Waals surface area contributed by atoms with Crippen LogP contribution in [0.15, 0.2) is 24.3 Å². The van der Waals surface area contributed by atoms with Crippen molar-refractivity contribution < 1.29 is 0 Å². The van der Waals surface area contributed by atoms with Crippen molar-refractivity contribution in [3.8, 4) is 0 Å². The summed E-state index contributed by atoms with van der Waals surface area (Å²) in [6.07, 6.45) is 4.35. The van der Waals surface area contributed by atoms with Crippen molar-refractivity contribution in [1.82, 2.24) is 0 Å². The molecule has 1 aromatic carbocycles. The average molecular weight is 202 g/mol. The summed E-state index contributed by atoms with van der Waals surface area (Å²) in [6.45, 7) is 7.45. The molecule has 0 aromatic heterocycles. The Morgan fingerprint density at radius 2 is 2.07 bits per heavy atom. The first-order valence-corrected chi connectivity index (χ1v) is 5.64. The predicted molar refractivity (Wildman–Crippen MR) is 67.5 cm³/mol. The van der Waals surface area contributed by atoms with Crippen molar-refractivity contribution >= 4 is 17.5 Å². The first kappa shape index (κ1) is 10.1. The molecule has 80 valence electrons. The van der Waals surface area contributed by atoms with Crippen molar-refractivity contribution in [2.24, 2.45) is 0 Å². The molecule has 0 fully saturated rings. The maximum Gasteiger partial charge on any atom is 0.0417 e. The third-order valence-corrected chi connectivity index (χ3v) is 2.87. The molecule has 2 nitrogen and oxygen atoms in total. The van der Waals surface area contributed by atoms with Crippen LogP contribution in [0.3, 0.4) is 0 Å². The summed E-state index contributed by atoms with van der Waals surface area (Å²) in [5.74, 6) is 0. The van der Waals surface area contributed by atoms with Gasteiger partial charge in [-0.05, 0) is 37.6 Å². The summed E-state index contributed by atoms with van der Waals surface area (Å²) in [4.78, 5) is 2.36. The second-order valence-electron chi connectivity index (χ2n) is 3.73. The Balaban J connectivity index is 2.32. The molecule has 1 aromatic rings. The van der Waals surface area contributed by atoms with E-state index < -0.39 is 0 Å². The lowest BCUT2D eigenvalue weighted by Crippen LogP contribution is -2.22. The molecule has 0 unspecified atom stereocenters. The molecule has 2 heteroatoms. The van der Waals surface area contributed by atoms with Gasteiger partial charge in [-0.2, -0.15) is 0 Å². The molecule has 1 heterocycles. The fraction of sp³-hybridized carbons (Fsp3) is 0.385. The molecule has 0 saturated heterocycles. The molecule has 0 saturated carbocycles. The molecule has 1 N–H and O–H groups in total. The van der Waals surface area contributed by atoms with E-state index in [2.05, 4.69) is 54.4 Å². The highest BCUT2D eigenvalue weighted by Gasteiger charge is 2.07. The van der Waals surface area contributed by atoms with E-state index in [1.54, 1.807) is 0 Å². The monoisotopic (exact) mass is 202 g/mol. The van der Waals surface area contributed by atoms with Gasteiger partial charge in [0, 0.05) is 31.0 Å². The molecule has 2 rings (SSSR count). The summed E-state index contributed by atoms with van der Waals surface area (Å²) >= 11 is 0. The highest BCUT2D eigenvalue weighted by molar-refractivity contribution is 5.73. The zero-order valence-corrected chi connectivity index (χ0v) is 9.46. The highest BCUT2D eigenvalue weighted by atomic mass is 15.1.